The van der Waals surface area contributed by atoms with Gasteiger partial charge in [0.1, 0.15) is 28.7 Å². The molecule has 0 bridgehead atoms. The molecule has 0 unspecified atom stereocenters. The summed E-state index contributed by atoms with van der Waals surface area (Å²) in [6.45, 7) is 11.3. The number of hydrogen-bond donors (Lipinski definition) is 3. The van der Waals surface area contributed by atoms with Gasteiger partial charge in [-0.05, 0) is 93.1 Å². The summed E-state index contributed by atoms with van der Waals surface area (Å²) >= 11 is 0. The standard InChI is InChI=1S/C30H31NO4/c1-17-10-12-19(3)29(33)27(17)31(28-18(2)11-13-20(4)30(28)34)23-8-7-9-24(15-23)35-26-16-25(32)21(5)14-22(26)6/h7-16,32-34H,1-6H3. The first kappa shape index (κ1) is 24.0. The van der Waals surface area contributed by atoms with Crippen LogP contribution in [0.5, 0.6) is 28.7 Å². The Morgan fingerprint density at radius 1 is 0.571 bits per heavy atom. The summed E-state index contributed by atoms with van der Waals surface area (Å²) in [6.07, 6.45) is 0. The Morgan fingerprint density at radius 2 is 1.11 bits per heavy atom. The lowest BCUT2D eigenvalue weighted by Gasteiger charge is -2.30. The van der Waals surface area contributed by atoms with Gasteiger partial charge in [-0.25, -0.2) is 0 Å². The van der Waals surface area contributed by atoms with Crippen LogP contribution in [0.15, 0.2) is 60.7 Å². The molecule has 4 rings (SSSR count). The number of rotatable bonds is 5. The van der Waals surface area contributed by atoms with Gasteiger partial charge < -0.3 is 25.0 Å². The zero-order valence-electron chi connectivity index (χ0n) is 21.0. The SMILES string of the molecule is Cc1cc(C)c(Oc2cccc(N(c3c(C)ccc(C)c3O)c3c(C)ccc(C)c3O)c2)cc1O. The second-order valence-electron chi connectivity index (χ2n) is 9.13. The van der Waals surface area contributed by atoms with E-state index in [1.54, 1.807) is 6.07 Å². The van der Waals surface area contributed by atoms with Gasteiger partial charge in [-0.1, -0.05) is 30.3 Å². The Morgan fingerprint density at radius 3 is 1.69 bits per heavy atom. The van der Waals surface area contributed by atoms with E-state index in [0.717, 1.165) is 33.4 Å². The molecule has 0 heterocycles. The predicted molar refractivity (Wildman–Crippen MR) is 141 cm³/mol. The van der Waals surface area contributed by atoms with E-state index in [9.17, 15) is 15.3 Å². The van der Waals surface area contributed by atoms with E-state index >= 15 is 0 Å². The number of ether oxygens (including phenoxy) is 1. The van der Waals surface area contributed by atoms with Crippen LogP contribution in [-0.2, 0) is 0 Å². The zero-order chi connectivity index (χ0) is 25.4. The third-order valence-corrected chi connectivity index (χ3v) is 6.35. The third kappa shape index (κ3) is 4.50. The number of phenolic OH excluding ortho intramolecular Hbond substituents is 3. The molecule has 5 nitrogen and oxygen atoms in total. The third-order valence-electron chi connectivity index (χ3n) is 6.35. The van der Waals surface area contributed by atoms with E-state index < -0.39 is 0 Å². The van der Waals surface area contributed by atoms with Crippen LogP contribution in [0.1, 0.15) is 33.4 Å². The van der Waals surface area contributed by atoms with E-state index in [2.05, 4.69) is 0 Å². The largest absolute Gasteiger partial charge is 0.508 e. The summed E-state index contributed by atoms with van der Waals surface area (Å²) < 4.78 is 6.16. The maximum Gasteiger partial charge on any atom is 0.142 e. The van der Waals surface area contributed by atoms with Crippen molar-refractivity contribution in [2.24, 2.45) is 0 Å². The molecule has 0 spiro atoms. The van der Waals surface area contributed by atoms with Crippen molar-refractivity contribution in [1.29, 1.82) is 0 Å². The lowest BCUT2D eigenvalue weighted by Crippen LogP contribution is -2.14. The van der Waals surface area contributed by atoms with Crippen LogP contribution in [0.2, 0.25) is 0 Å². The number of benzene rings is 4. The van der Waals surface area contributed by atoms with Crippen LogP contribution < -0.4 is 9.64 Å². The molecular formula is C30H31NO4. The van der Waals surface area contributed by atoms with Crippen molar-refractivity contribution >= 4 is 17.1 Å². The van der Waals surface area contributed by atoms with Crippen molar-refractivity contribution in [3.8, 4) is 28.7 Å². The number of hydrogen-bond acceptors (Lipinski definition) is 5. The first-order valence-corrected chi connectivity index (χ1v) is 11.5. The summed E-state index contributed by atoms with van der Waals surface area (Å²) in [5.74, 6) is 1.59. The molecule has 0 aromatic heterocycles. The topological polar surface area (TPSA) is 73.2 Å². The highest BCUT2D eigenvalue weighted by molar-refractivity contribution is 5.87. The molecular weight excluding hydrogens is 438 g/mol. The average molecular weight is 470 g/mol. The maximum absolute atomic E-state index is 11.1. The van der Waals surface area contributed by atoms with Crippen LogP contribution >= 0.6 is 0 Å². The summed E-state index contributed by atoms with van der Waals surface area (Å²) in [7, 11) is 0. The monoisotopic (exact) mass is 469 g/mol. The summed E-state index contributed by atoms with van der Waals surface area (Å²) in [4.78, 5) is 1.88. The molecule has 5 heteroatoms. The van der Waals surface area contributed by atoms with Gasteiger partial charge in [0, 0.05) is 12.1 Å². The van der Waals surface area contributed by atoms with Gasteiger partial charge in [-0.2, -0.15) is 0 Å². The normalized spacial score (nSPS) is 10.9. The second kappa shape index (κ2) is 9.26. The van der Waals surface area contributed by atoms with E-state index in [1.165, 1.54) is 0 Å². The van der Waals surface area contributed by atoms with Crippen LogP contribution in [-0.4, -0.2) is 15.3 Å². The molecule has 4 aromatic carbocycles. The Bertz CT molecular complexity index is 1370. The number of anilines is 3. The minimum atomic E-state index is 0.149. The smallest absolute Gasteiger partial charge is 0.142 e. The van der Waals surface area contributed by atoms with Crippen LogP contribution in [0.3, 0.4) is 0 Å². The van der Waals surface area contributed by atoms with E-state index in [4.69, 9.17) is 4.74 Å². The summed E-state index contributed by atoms with van der Waals surface area (Å²) in [6, 6.07) is 18.6. The molecule has 0 aliphatic carbocycles. The second-order valence-corrected chi connectivity index (χ2v) is 9.13. The van der Waals surface area contributed by atoms with Gasteiger partial charge in [-0.3, -0.25) is 0 Å². The fourth-order valence-electron chi connectivity index (χ4n) is 4.24. The van der Waals surface area contributed by atoms with Crippen molar-refractivity contribution < 1.29 is 20.1 Å². The summed E-state index contributed by atoms with van der Waals surface area (Å²) in [5, 5.41) is 32.4. The van der Waals surface area contributed by atoms with Crippen LogP contribution in [0.25, 0.3) is 0 Å². The van der Waals surface area contributed by atoms with Crippen molar-refractivity contribution in [3.05, 3.63) is 94.0 Å². The number of aromatic hydroxyl groups is 3. The molecule has 0 atom stereocenters. The Kier molecular flexibility index (Phi) is 6.35. The van der Waals surface area contributed by atoms with Gasteiger partial charge in [0.15, 0.2) is 0 Å². The van der Waals surface area contributed by atoms with Crippen molar-refractivity contribution in [3.63, 3.8) is 0 Å². The molecule has 0 aliphatic rings. The molecule has 0 radical (unpaired) electrons. The van der Waals surface area contributed by atoms with Gasteiger partial charge in [-0.15, -0.1) is 0 Å². The van der Waals surface area contributed by atoms with E-state index in [0.29, 0.717) is 28.6 Å². The Labute approximate surface area is 206 Å². The first-order valence-electron chi connectivity index (χ1n) is 11.5. The van der Waals surface area contributed by atoms with Gasteiger partial charge in [0.2, 0.25) is 0 Å². The fraction of sp³-hybridized carbons (Fsp3) is 0.200. The van der Waals surface area contributed by atoms with Crippen molar-refractivity contribution in [2.45, 2.75) is 41.5 Å². The minimum absolute atomic E-state index is 0.149. The van der Waals surface area contributed by atoms with Crippen LogP contribution in [0.4, 0.5) is 17.1 Å². The predicted octanol–water partition coefficient (Wildman–Crippen LogP) is 7.92. The lowest BCUT2D eigenvalue weighted by molar-refractivity contribution is 0.450. The minimum Gasteiger partial charge on any atom is -0.508 e. The molecule has 3 N–H and O–H groups in total. The molecule has 0 aliphatic heterocycles. The fourth-order valence-corrected chi connectivity index (χ4v) is 4.24. The maximum atomic E-state index is 11.1. The highest BCUT2D eigenvalue weighted by Crippen LogP contribution is 2.49. The van der Waals surface area contributed by atoms with Gasteiger partial charge >= 0.3 is 0 Å². The molecule has 4 aromatic rings. The van der Waals surface area contributed by atoms with Crippen molar-refractivity contribution in [2.75, 3.05) is 4.90 Å². The molecule has 0 saturated carbocycles. The molecule has 0 saturated heterocycles. The molecule has 0 amide bonds. The number of phenols is 3. The summed E-state index contributed by atoms with van der Waals surface area (Å²) in [5.41, 5.74) is 6.78. The van der Waals surface area contributed by atoms with Crippen molar-refractivity contribution in [1.82, 2.24) is 0 Å². The highest BCUT2D eigenvalue weighted by atomic mass is 16.5. The molecule has 35 heavy (non-hydrogen) atoms. The Hall–Kier alpha value is -4.12. The number of nitrogens with zero attached hydrogens (tertiary/aromatic N) is 1. The first-order chi connectivity index (χ1) is 16.6. The highest BCUT2D eigenvalue weighted by Gasteiger charge is 2.25. The van der Waals surface area contributed by atoms with Crippen LogP contribution in [0, 0.1) is 41.5 Å². The van der Waals surface area contributed by atoms with Gasteiger partial charge in [0.25, 0.3) is 0 Å². The van der Waals surface area contributed by atoms with E-state index in [1.807, 2.05) is 101 Å². The van der Waals surface area contributed by atoms with Gasteiger partial charge in [0.05, 0.1) is 17.1 Å². The quantitative estimate of drug-likeness (QED) is 0.277. The van der Waals surface area contributed by atoms with E-state index in [-0.39, 0.29) is 17.2 Å². The molecule has 0 fully saturated rings. The lowest BCUT2D eigenvalue weighted by atomic mass is 10.0. The Balaban J connectivity index is 1.92. The molecule has 180 valence electrons. The number of aryl methyl sites for hydroxylation is 6. The average Bonchev–Trinajstić information content (AvgIpc) is 2.82. The zero-order valence-corrected chi connectivity index (χ0v) is 21.0.